The van der Waals surface area contributed by atoms with Crippen LogP contribution in [0.4, 0.5) is 5.69 Å². The second kappa shape index (κ2) is 13.0. The predicted octanol–water partition coefficient (Wildman–Crippen LogP) is 4.16. The largest absolute Gasteiger partial charge is 0.457 e. The Morgan fingerprint density at radius 2 is 1.45 bits per heavy atom. The lowest BCUT2D eigenvalue weighted by Crippen LogP contribution is -2.48. The topological polar surface area (TPSA) is 85.9 Å². The molecule has 0 aliphatic carbocycles. The van der Waals surface area contributed by atoms with Gasteiger partial charge < -0.3 is 24.8 Å². The van der Waals surface area contributed by atoms with E-state index in [0.29, 0.717) is 24.7 Å². The van der Waals surface area contributed by atoms with Crippen molar-refractivity contribution in [2.75, 3.05) is 25.1 Å². The van der Waals surface area contributed by atoms with Gasteiger partial charge in [-0.3, -0.25) is 9.59 Å². The number of hydrogen-bond acceptors (Lipinski definition) is 5. The zero-order chi connectivity index (χ0) is 23.3. The summed E-state index contributed by atoms with van der Waals surface area (Å²) in [5.41, 5.74) is 1.55. The summed E-state index contributed by atoms with van der Waals surface area (Å²) in [5, 5.41) is 5.49. The number of carbonyl (C=O) groups excluding carboxylic acids is 2. The molecule has 2 amide bonds. The molecule has 3 aromatic rings. The first-order chi connectivity index (χ1) is 16.1. The molecular formula is C26H28N2O5. The number of nitrogens with one attached hydrogen (secondary N) is 2. The molecule has 0 heterocycles. The number of hydrogen-bond donors (Lipinski definition) is 2. The van der Waals surface area contributed by atoms with E-state index in [-0.39, 0.29) is 25.0 Å². The third-order valence-corrected chi connectivity index (χ3v) is 4.59. The molecule has 3 rings (SSSR count). The average Bonchev–Trinajstić information content (AvgIpc) is 2.84. The van der Waals surface area contributed by atoms with Gasteiger partial charge in [0, 0.05) is 12.3 Å². The fourth-order valence-corrected chi connectivity index (χ4v) is 2.94. The first-order valence-electron chi connectivity index (χ1n) is 10.8. The summed E-state index contributed by atoms with van der Waals surface area (Å²) in [5.74, 6) is 0.602. The van der Waals surface area contributed by atoms with Crippen molar-refractivity contribution < 1.29 is 23.8 Å². The molecule has 0 saturated heterocycles. The van der Waals surface area contributed by atoms with Gasteiger partial charge in [0.2, 0.25) is 11.8 Å². The molecule has 1 unspecified atom stereocenters. The highest BCUT2D eigenvalue weighted by Crippen LogP contribution is 2.22. The maximum absolute atomic E-state index is 12.9. The summed E-state index contributed by atoms with van der Waals surface area (Å²) in [6, 6.07) is 25.2. The molecule has 3 aromatic carbocycles. The van der Waals surface area contributed by atoms with Crippen molar-refractivity contribution in [2.24, 2.45) is 0 Å². The lowest BCUT2D eigenvalue weighted by atomic mass is 10.2. The molecule has 33 heavy (non-hydrogen) atoms. The first kappa shape index (κ1) is 24.0. The minimum Gasteiger partial charge on any atom is -0.457 e. The van der Waals surface area contributed by atoms with Gasteiger partial charge in [-0.25, -0.2) is 0 Å². The standard InChI is InChI=1S/C26H28N2O5/c1-2-31-19-25(29)28-24(18-32-17-20-9-5-3-6-10-20)26(30)27-21-13-15-23(16-14-21)33-22-11-7-4-8-12-22/h3-16,24H,2,17-19H2,1H3,(H,27,30)(H,28,29). The third-order valence-electron chi connectivity index (χ3n) is 4.59. The molecular weight excluding hydrogens is 420 g/mol. The number of carbonyl (C=O) groups is 2. The minimum absolute atomic E-state index is 0.0216. The van der Waals surface area contributed by atoms with Crippen molar-refractivity contribution in [2.45, 2.75) is 19.6 Å². The van der Waals surface area contributed by atoms with Crippen LogP contribution >= 0.6 is 0 Å². The summed E-state index contributed by atoms with van der Waals surface area (Å²) in [6.45, 7) is 2.44. The Morgan fingerprint density at radius 1 is 0.818 bits per heavy atom. The van der Waals surface area contributed by atoms with Gasteiger partial charge in [-0.15, -0.1) is 0 Å². The van der Waals surface area contributed by atoms with Gasteiger partial charge in [-0.1, -0.05) is 48.5 Å². The van der Waals surface area contributed by atoms with E-state index < -0.39 is 6.04 Å². The molecule has 0 fully saturated rings. The van der Waals surface area contributed by atoms with Gasteiger partial charge in [0.25, 0.3) is 0 Å². The SMILES string of the molecule is CCOCC(=O)NC(COCc1ccccc1)C(=O)Nc1ccc(Oc2ccccc2)cc1. The molecule has 172 valence electrons. The Morgan fingerprint density at radius 3 is 2.12 bits per heavy atom. The van der Waals surface area contributed by atoms with Crippen molar-refractivity contribution in [1.29, 1.82) is 0 Å². The predicted molar refractivity (Wildman–Crippen MR) is 126 cm³/mol. The quantitative estimate of drug-likeness (QED) is 0.435. The van der Waals surface area contributed by atoms with E-state index in [1.54, 1.807) is 31.2 Å². The monoisotopic (exact) mass is 448 g/mol. The van der Waals surface area contributed by atoms with E-state index >= 15 is 0 Å². The van der Waals surface area contributed by atoms with E-state index in [4.69, 9.17) is 14.2 Å². The van der Waals surface area contributed by atoms with Crippen LogP contribution in [0.5, 0.6) is 11.5 Å². The highest BCUT2D eigenvalue weighted by atomic mass is 16.5. The van der Waals surface area contributed by atoms with E-state index in [1.807, 2.05) is 60.7 Å². The lowest BCUT2D eigenvalue weighted by Gasteiger charge is -2.19. The highest BCUT2D eigenvalue weighted by Gasteiger charge is 2.21. The first-order valence-corrected chi connectivity index (χ1v) is 10.8. The Kier molecular flexibility index (Phi) is 9.45. The van der Waals surface area contributed by atoms with Gasteiger partial charge in [-0.05, 0) is 48.9 Å². The van der Waals surface area contributed by atoms with E-state index in [0.717, 1.165) is 11.3 Å². The molecule has 0 bridgehead atoms. The number of rotatable bonds is 12. The molecule has 7 nitrogen and oxygen atoms in total. The third kappa shape index (κ3) is 8.40. The fourth-order valence-electron chi connectivity index (χ4n) is 2.94. The van der Waals surface area contributed by atoms with Crippen LogP contribution in [0.15, 0.2) is 84.9 Å². The molecule has 0 spiro atoms. The van der Waals surface area contributed by atoms with Crippen LogP contribution in [0.2, 0.25) is 0 Å². The van der Waals surface area contributed by atoms with Crippen LogP contribution in [0.25, 0.3) is 0 Å². The Labute approximate surface area is 193 Å². The van der Waals surface area contributed by atoms with E-state index in [1.165, 1.54) is 0 Å². The normalized spacial score (nSPS) is 11.4. The summed E-state index contributed by atoms with van der Waals surface area (Å²) in [7, 11) is 0. The van der Waals surface area contributed by atoms with Crippen LogP contribution < -0.4 is 15.4 Å². The molecule has 0 aliphatic heterocycles. The van der Waals surface area contributed by atoms with E-state index in [2.05, 4.69) is 10.6 Å². The number of anilines is 1. The minimum atomic E-state index is -0.873. The molecule has 1 atom stereocenters. The fraction of sp³-hybridized carbons (Fsp3) is 0.231. The van der Waals surface area contributed by atoms with Gasteiger partial charge in [0.05, 0.1) is 13.2 Å². The average molecular weight is 449 g/mol. The molecule has 0 saturated carbocycles. The van der Waals surface area contributed by atoms with Gasteiger partial charge >= 0.3 is 0 Å². The second-order valence-electron chi connectivity index (χ2n) is 7.19. The zero-order valence-corrected chi connectivity index (χ0v) is 18.5. The molecule has 0 aromatic heterocycles. The number of amides is 2. The lowest BCUT2D eigenvalue weighted by molar-refractivity contribution is -0.130. The number of ether oxygens (including phenoxy) is 3. The van der Waals surface area contributed by atoms with Crippen LogP contribution in [0.1, 0.15) is 12.5 Å². The van der Waals surface area contributed by atoms with Gasteiger partial charge in [-0.2, -0.15) is 0 Å². The van der Waals surface area contributed by atoms with Crippen LogP contribution in [0, 0.1) is 0 Å². The van der Waals surface area contributed by atoms with Gasteiger partial charge in [0.1, 0.15) is 24.1 Å². The highest BCUT2D eigenvalue weighted by molar-refractivity contribution is 5.97. The Bertz CT molecular complexity index is 994. The molecule has 2 N–H and O–H groups in total. The zero-order valence-electron chi connectivity index (χ0n) is 18.5. The van der Waals surface area contributed by atoms with Crippen molar-refractivity contribution in [3.8, 4) is 11.5 Å². The Balaban J connectivity index is 1.58. The van der Waals surface area contributed by atoms with Crippen molar-refractivity contribution in [1.82, 2.24) is 5.32 Å². The molecule has 0 aliphatic rings. The maximum atomic E-state index is 12.9. The van der Waals surface area contributed by atoms with Crippen LogP contribution in [0.3, 0.4) is 0 Å². The maximum Gasteiger partial charge on any atom is 0.249 e. The van der Waals surface area contributed by atoms with Gasteiger partial charge in [0.15, 0.2) is 0 Å². The van der Waals surface area contributed by atoms with Crippen LogP contribution in [-0.4, -0.2) is 37.7 Å². The molecule has 7 heteroatoms. The van der Waals surface area contributed by atoms with Crippen molar-refractivity contribution in [3.05, 3.63) is 90.5 Å². The summed E-state index contributed by atoms with van der Waals surface area (Å²) < 4.78 is 16.6. The van der Waals surface area contributed by atoms with Crippen LogP contribution in [-0.2, 0) is 25.7 Å². The summed E-state index contributed by atoms with van der Waals surface area (Å²) >= 11 is 0. The van der Waals surface area contributed by atoms with E-state index in [9.17, 15) is 9.59 Å². The smallest absolute Gasteiger partial charge is 0.249 e. The van der Waals surface area contributed by atoms with Crippen molar-refractivity contribution in [3.63, 3.8) is 0 Å². The second-order valence-corrected chi connectivity index (χ2v) is 7.19. The summed E-state index contributed by atoms with van der Waals surface area (Å²) in [4.78, 5) is 25.0. The number of benzene rings is 3. The number of para-hydroxylation sites is 1. The van der Waals surface area contributed by atoms with Crippen molar-refractivity contribution >= 4 is 17.5 Å². The molecule has 0 radical (unpaired) electrons. The summed E-state index contributed by atoms with van der Waals surface area (Å²) in [6.07, 6.45) is 0. The Hall–Kier alpha value is -3.68.